The zero-order valence-electron chi connectivity index (χ0n) is 16.8. The van der Waals surface area contributed by atoms with E-state index in [1.165, 1.54) is 0 Å². The molecule has 154 valence electrons. The van der Waals surface area contributed by atoms with Gasteiger partial charge in [-0.25, -0.2) is 0 Å². The number of rotatable bonds is 1. The summed E-state index contributed by atoms with van der Waals surface area (Å²) in [5.74, 6) is -0.997. The summed E-state index contributed by atoms with van der Waals surface area (Å²) < 4.78 is 0. The average Bonchev–Trinajstić information content (AvgIpc) is 3.04. The number of imide groups is 1. The Morgan fingerprint density at radius 2 is 1.10 bits per heavy atom. The summed E-state index contributed by atoms with van der Waals surface area (Å²) >= 11 is 14.9. The molecule has 0 aromatic heterocycles. The zero-order chi connectivity index (χ0) is 20.8. The molecule has 1 aliphatic heterocycles. The molecule has 1 saturated carbocycles. The molecule has 1 heterocycles. The van der Waals surface area contributed by atoms with Gasteiger partial charge in [0.1, 0.15) is 9.75 Å². The third-order valence-electron chi connectivity index (χ3n) is 7.97. The Hall–Kier alpha value is -1.84. The van der Waals surface area contributed by atoms with Crippen LogP contribution in [0, 0.1) is 17.8 Å². The molecular formula is C25H23Cl2NO2. The lowest BCUT2D eigenvalue weighted by Gasteiger charge is -2.54. The Balaban J connectivity index is 1.58. The summed E-state index contributed by atoms with van der Waals surface area (Å²) in [6.07, 6.45) is 3.80. The molecule has 2 aromatic rings. The molecule has 2 fully saturated rings. The Morgan fingerprint density at radius 1 is 0.733 bits per heavy atom. The summed E-state index contributed by atoms with van der Waals surface area (Å²) in [6.45, 7) is 2.23. The van der Waals surface area contributed by atoms with E-state index >= 15 is 0 Å². The van der Waals surface area contributed by atoms with Crippen LogP contribution < -0.4 is 0 Å². The number of carbonyl (C=O) groups excluding carboxylic acids is 2. The Kier molecular flexibility index (Phi) is 3.85. The number of hydrogen-bond donors (Lipinski definition) is 0. The van der Waals surface area contributed by atoms with Crippen molar-refractivity contribution < 1.29 is 9.59 Å². The molecule has 2 bridgehead atoms. The van der Waals surface area contributed by atoms with Gasteiger partial charge < -0.3 is 0 Å². The standard InChI is InChI=1S/C25H23Cl2NO2/c1-14-10-12-15(13-11-14)28-22(29)20-21(23(28)30)25(27)17-7-3-2-6-16(17)24(20,26)18-8-4-5-9-19(18)25/h2-9,14-15,20-21H,10-13H2,1H3/t14?,15?,20-,21+,24?,25?. The first-order chi connectivity index (χ1) is 14.4. The number of halogens is 2. The van der Waals surface area contributed by atoms with Gasteiger partial charge in [-0.05, 0) is 53.9 Å². The average molecular weight is 440 g/mol. The normalized spacial score (nSPS) is 39.0. The quantitative estimate of drug-likeness (QED) is 0.454. The van der Waals surface area contributed by atoms with E-state index in [4.69, 9.17) is 23.2 Å². The Morgan fingerprint density at radius 3 is 1.47 bits per heavy atom. The van der Waals surface area contributed by atoms with Crippen LogP contribution >= 0.6 is 23.2 Å². The topological polar surface area (TPSA) is 37.4 Å². The molecule has 0 spiro atoms. The highest BCUT2D eigenvalue weighted by Gasteiger charge is 2.73. The molecule has 3 nitrogen and oxygen atoms in total. The second-order valence-electron chi connectivity index (χ2n) is 9.43. The van der Waals surface area contributed by atoms with Crippen LogP contribution in [0.15, 0.2) is 48.5 Å². The minimum Gasteiger partial charge on any atom is -0.279 e. The molecule has 0 radical (unpaired) electrons. The largest absolute Gasteiger partial charge is 0.279 e. The van der Waals surface area contributed by atoms with Gasteiger partial charge in [-0.3, -0.25) is 14.5 Å². The van der Waals surface area contributed by atoms with Crippen molar-refractivity contribution in [2.75, 3.05) is 0 Å². The number of alkyl halides is 2. The SMILES string of the molecule is CC1CCC(N2C(=O)[C@@H]3[C@H](C2=O)C2(Cl)c4ccccc4C3(Cl)c3ccccc32)CC1. The number of carbonyl (C=O) groups is 2. The van der Waals surface area contributed by atoms with Gasteiger partial charge in [0.25, 0.3) is 0 Å². The van der Waals surface area contributed by atoms with E-state index in [9.17, 15) is 9.59 Å². The molecule has 1 saturated heterocycles. The van der Waals surface area contributed by atoms with Crippen molar-refractivity contribution >= 4 is 35.0 Å². The molecular weight excluding hydrogens is 417 g/mol. The molecule has 2 aromatic carbocycles. The third kappa shape index (κ3) is 2.04. The van der Waals surface area contributed by atoms with Crippen molar-refractivity contribution in [2.45, 2.75) is 48.4 Å². The van der Waals surface area contributed by atoms with Gasteiger partial charge in [-0.2, -0.15) is 0 Å². The van der Waals surface area contributed by atoms with Gasteiger partial charge in [0.05, 0.1) is 11.8 Å². The van der Waals surface area contributed by atoms with Crippen molar-refractivity contribution in [3.05, 3.63) is 70.8 Å². The second-order valence-corrected chi connectivity index (χ2v) is 10.6. The van der Waals surface area contributed by atoms with E-state index in [1.54, 1.807) is 4.90 Å². The van der Waals surface area contributed by atoms with Crippen LogP contribution in [0.5, 0.6) is 0 Å². The molecule has 0 unspecified atom stereocenters. The maximum atomic E-state index is 13.8. The highest BCUT2D eigenvalue weighted by molar-refractivity contribution is 6.36. The molecule has 5 aliphatic rings. The van der Waals surface area contributed by atoms with Crippen LogP contribution in [-0.2, 0) is 19.3 Å². The van der Waals surface area contributed by atoms with Gasteiger partial charge in [0.15, 0.2) is 0 Å². The van der Waals surface area contributed by atoms with E-state index in [-0.39, 0.29) is 17.9 Å². The number of likely N-dealkylation sites (tertiary alicyclic amines) is 1. The minimum atomic E-state index is -1.07. The van der Waals surface area contributed by atoms with Gasteiger partial charge in [0, 0.05) is 6.04 Å². The minimum absolute atomic E-state index is 0.0436. The molecule has 2 atom stereocenters. The van der Waals surface area contributed by atoms with Gasteiger partial charge in [0.2, 0.25) is 11.8 Å². The van der Waals surface area contributed by atoms with Crippen molar-refractivity contribution in [1.29, 1.82) is 0 Å². The Labute approximate surface area is 186 Å². The van der Waals surface area contributed by atoms with E-state index in [0.717, 1.165) is 47.9 Å². The van der Waals surface area contributed by atoms with Gasteiger partial charge in [-0.15, -0.1) is 23.2 Å². The summed E-state index contributed by atoms with van der Waals surface area (Å²) in [5.41, 5.74) is 3.45. The van der Waals surface area contributed by atoms with Crippen LogP contribution in [0.2, 0.25) is 0 Å². The highest BCUT2D eigenvalue weighted by atomic mass is 35.5. The predicted molar refractivity (Wildman–Crippen MR) is 116 cm³/mol. The number of amides is 2. The summed E-state index contributed by atoms with van der Waals surface area (Å²) in [4.78, 5) is 27.1. The smallest absolute Gasteiger partial charge is 0.235 e. The highest BCUT2D eigenvalue weighted by Crippen LogP contribution is 2.69. The maximum absolute atomic E-state index is 13.8. The monoisotopic (exact) mass is 439 g/mol. The zero-order valence-corrected chi connectivity index (χ0v) is 18.3. The van der Waals surface area contributed by atoms with Crippen LogP contribution in [-0.4, -0.2) is 22.8 Å². The van der Waals surface area contributed by atoms with Crippen molar-refractivity contribution in [1.82, 2.24) is 4.90 Å². The fourth-order valence-corrected chi connectivity index (χ4v) is 7.65. The fraction of sp³-hybridized carbons (Fsp3) is 0.440. The van der Waals surface area contributed by atoms with E-state index < -0.39 is 21.6 Å². The first kappa shape index (κ1) is 18.9. The second kappa shape index (κ2) is 6.11. The first-order valence-electron chi connectivity index (χ1n) is 10.8. The van der Waals surface area contributed by atoms with Crippen molar-refractivity contribution in [2.24, 2.45) is 17.8 Å². The molecule has 4 aliphatic carbocycles. The van der Waals surface area contributed by atoms with Crippen LogP contribution in [0.25, 0.3) is 0 Å². The summed E-state index contributed by atoms with van der Waals surface area (Å²) in [5, 5.41) is 0. The third-order valence-corrected chi connectivity index (χ3v) is 9.25. The van der Waals surface area contributed by atoms with E-state index in [0.29, 0.717) is 5.92 Å². The summed E-state index contributed by atoms with van der Waals surface area (Å²) in [7, 11) is 0. The molecule has 7 rings (SSSR count). The lowest BCUT2D eigenvalue weighted by molar-refractivity contribution is -0.143. The lowest BCUT2D eigenvalue weighted by Crippen LogP contribution is -2.57. The van der Waals surface area contributed by atoms with E-state index in [2.05, 4.69) is 6.92 Å². The number of hydrogen-bond acceptors (Lipinski definition) is 2. The predicted octanol–water partition coefficient (Wildman–Crippen LogP) is 5.16. The van der Waals surface area contributed by atoms with Gasteiger partial charge >= 0.3 is 0 Å². The molecule has 2 amide bonds. The van der Waals surface area contributed by atoms with Gasteiger partial charge in [-0.1, -0.05) is 55.5 Å². The number of benzene rings is 2. The summed E-state index contributed by atoms with van der Waals surface area (Å²) in [6, 6.07) is 15.6. The van der Waals surface area contributed by atoms with Crippen molar-refractivity contribution in [3.63, 3.8) is 0 Å². The maximum Gasteiger partial charge on any atom is 0.235 e. The van der Waals surface area contributed by atoms with Crippen molar-refractivity contribution in [3.8, 4) is 0 Å². The molecule has 0 N–H and O–H groups in total. The van der Waals surface area contributed by atoms with Crippen LogP contribution in [0.4, 0.5) is 0 Å². The first-order valence-corrected chi connectivity index (χ1v) is 11.6. The van der Waals surface area contributed by atoms with E-state index in [1.807, 2.05) is 48.5 Å². The van der Waals surface area contributed by atoms with Crippen LogP contribution in [0.1, 0.15) is 54.9 Å². The molecule has 30 heavy (non-hydrogen) atoms. The Bertz CT molecular complexity index is 967. The molecule has 5 heteroatoms. The lowest BCUT2D eigenvalue weighted by atomic mass is 9.54. The fourth-order valence-electron chi connectivity index (χ4n) is 6.55. The number of nitrogens with zero attached hydrogens (tertiary/aromatic N) is 1. The van der Waals surface area contributed by atoms with Crippen LogP contribution in [0.3, 0.4) is 0 Å².